The first-order valence-electron chi connectivity index (χ1n) is 11.2. The lowest BCUT2D eigenvalue weighted by atomic mass is 9.94. The summed E-state index contributed by atoms with van der Waals surface area (Å²) in [5.41, 5.74) is -1.63. The number of sulfone groups is 1. The van der Waals surface area contributed by atoms with Crippen LogP contribution in [0.3, 0.4) is 0 Å². The van der Waals surface area contributed by atoms with E-state index in [-0.39, 0.29) is 29.2 Å². The molecule has 3 heterocycles. The second-order valence-corrected chi connectivity index (χ2v) is 11.1. The van der Waals surface area contributed by atoms with Crippen LogP contribution < -0.4 is 9.64 Å². The zero-order valence-corrected chi connectivity index (χ0v) is 19.9. The third-order valence-electron chi connectivity index (χ3n) is 5.94. The number of rotatable bonds is 7. The van der Waals surface area contributed by atoms with Gasteiger partial charge in [0.25, 0.3) is 0 Å². The molecule has 0 unspecified atom stereocenters. The summed E-state index contributed by atoms with van der Waals surface area (Å²) in [5, 5.41) is 3.68. The van der Waals surface area contributed by atoms with Crippen LogP contribution in [-0.4, -0.2) is 66.2 Å². The molecule has 0 bridgehead atoms. The Morgan fingerprint density at radius 1 is 1.03 bits per heavy atom. The molecule has 4 rings (SSSR count). The van der Waals surface area contributed by atoms with Crippen LogP contribution in [0.15, 0.2) is 21.9 Å². The van der Waals surface area contributed by atoms with Gasteiger partial charge in [-0.25, -0.2) is 22.8 Å². The van der Waals surface area contributed by atoms with Crippen molar-refractivity contribution < 1.29 is 26.8 Å². The minimum Gasteiger partial charge on any atom is -0.473 e. The monoisotopic (exact) mass is 483 g/mol. The molecule has 12 heteroatoms. The van der Waals surface area contributed by atoms with E-state index >= 15 is 0 Å². The Hall–Kier alpha value is -2.34. The largest absolute Gasteiger partial charge is 0.473 e. The fourth-order valence-electron chi connectivity index (χ4n) is 4.05. The summed E-state index contributed by atoms with van der Waals surface area (Å²) >= 11 is 0. The molecule has 2 aliphatic rings. The van der Waals surface area contributed by atoms with E-state index in [0.717, 1.165) is 57.9 Å². The number of hydrogen-bond acceptors (Lipinski definition) is 10. The van der Waals surface area contributed by atoms with Crippen LogP contribution in [0.4, 0.5) is 10.4 Å². The van der Waals surface area contributed by atoms with E-state index in [1.54, 1.807) is 0 Å². The van der Waals surface area contributed by atoms with E-state index in [2.05, 4.69) is 20.1 Å². The highest BCUT2D eigenvalue weighted by molar-refractivity contribution is 7.90. The van der Waals surface area contributed by atoms with Crippen molar-refractivity contribution in [3.63, 3.8) is 0 Å². The molecule has 0 spiro atoms. The molecule has 0 N–H and O–H groups in total. The molecule has 1 aliphatic heterocycles. The predicted molar refractivity (Wildman–Crippen MR) is 117 cm³/mol. The second-order valence-electron chi connectivity index (χ2n) is 9.18. The Kier molecular flexibility index (Phi) is 6.85. The number of alkyl halides is 1. The Balaban J connectivity index is 1.19. The van der Waals surface area contributed by atoms with Gasteiger partial charge >= 0.3 is 6.01 Å². The summed E-state index contributed by atoms with van der Waals surface area (Å²) in [4.78, 5) is 14.1. The van der Waals surface area contributed by atoms with Gasteiger partial charge in [0.15, 0.2) is 20.5 Å². The van der Waals surface area contributed by atoms with E-state index in [0.29, 0.717) is 11.9 Å². The summed E-state index contributed by atoms with van der Waals surface area (Å²) < 4.78 is 54.3. The highest BCUT2D eigenvalue weighted by Gasteiger charge is 2.31. The van der Waals surface area contributed by atoms with Crippen LogP contribution in [0.2, 0.25) is 0 Å². The quantitative estimate of drug-likeness (QED) is 0.581. The Bertz CT molecular complexity index is 1020. The average Bonchev–Trinajstić information content (AvgIpc) is 3.26. The molecule has 2 fully saturated rings. The fraction of sp³-hybridized carbons (Fsp3) is 0.714. The topological polar surface area (TPSA) is 121 Å². The van der Waals surface area contributed by atoms with Crippen molar-refractivity contribution in [1.82, 2.24) is 20.1 Å². The zero-order valence-electron chi connectivity index (χ0n) is 19.1. The maximum absolute atomic E-state index is 14.0. The van der Waals surface area contributed by atoms with Crippen LogP contribution in [0, 0.1) is 0 Å². The number of halogens is 1. The van der Waals surface area contributed by atoms with Gasteiger partial charge in [-0.3, -0.25) is 0 Å². The van der Waals surface area contributed by atoms with Crippen molar-refractivity contribution in [2.45, 2.75) is 81.4 Å². The predicted octanol–water partition coefficient (Wildman–Crippen LogP) is 2.84. The molecule has 10 nitrogen and oxygen atoms in total. The summed E-state index contributed by atoms with van der Waals surface area (Å²) in [7, 11) is -3.37. The van der Waals surface area contributed by atoms with Gasteiger partial charge in [-0.1, -0.05) is 5.16 Å². The van der Waals surface area contributed by atoms with Gasteiger partial charge in [0.2, 0.25) is 11.7 Å². The molecule has 0 aromatic carbocycles. The van der Waals surface area contributed by atoms with E-state index in [9.17, 15) is 12.8 Å². The third-order valence-corrected chi connectivity index (χ3v) is 6.91. The molecule has 0 amide bonds. The van der Waals surface area contributed by atoms with Crippen LogP contribution in [0.25, 0.3) is 0 Å². The van der Waals surface area contributed by atoms with Gasteiger partial charge in [0.05, 0.1) is 24.6 Å². The molecule has 1 saturated heterocycles. The highest BCUT2D eigenvalue weighted by atomic mass is 32.2. The second kappa shape index (κ2) is 9.49. The molecule has 2 aromatic rings. The standard InChI is InChI=1S/C21H30FN5O5S/c1-21(2,22)19-25-20(32-26-19)27-10-8-16(9-11-27)30-14-4-6-15(7-5-14)31-17-12-24-18(13-23-17)33(3,28)29/h12-16H,4-11H2,1-3H3. The summed E-state index contributed by atoms with van der Waals surface area (Å²) in [6.07, 6.45) is 9.16. The van der Waals surface area contributed by atoms with Crippen LogP contribution in [-0.2, 0) is 20.2 Å². The minimum atomic E-state index is -3.37. The van der Waals surface area contributed by atoms with Crippen molar-refractivity contribution >= 4 is 15.9 Å². The van der Waals surface area contributed by atoms with Crippen molar-refractivity contribution in [2.24, 2.45) is 0 Å². The third kappa shape index (κ3) is 6.17. The SMILES string of the molecule is CC(C)(F)c1noc(N2CCC(OC3CCC(Oc4cnc(S(C)(=O)=O)cn4)CC3)CC2)n1. The number of hydrogen-bond donors (Lipinski definition) is 0. The van der Waals surface area contributed by atoms with E-state index in [1.807, 2.05) is 4.90 Å². The molecule has 0 radical (unpaired) electrons. The van der Waals surface area contributed by atoms with Gasteiger partial charge in [-0.05, 0) is 52.4 Å². The summed E-state index contributed by atoms with van der Waals surface area (Å²) in [5.74, 6) is 0.395. The van der Waals surface area contributed by atoms with Crippen LogP contribution >= 0.6 is 0 Å². The fourth-order valence-corrected chi connectivity index (χ4v) is 4.54. The Labute approximate surface area is 192 Å². The Morgan fingerprint density at radius 2 is 1.67 bits per heavy atom. The van der Waals surface area contributed by atoms with Crippen molar-refractivity contribution in [3.05, 3.63) is 18.2 Å². The molecule has 1 saturated carbocycles. The van der Waals surface area contributed by atoms with E-state index < -0.39 is 15.5 Å². The maximum Gasteiger partial charge on any atom is 0.324 e. The van der Waals surface area contributed by atoms with Crippen molar-refractivity contribution in [1.29, 1.82) is 0 Å². The first-order chi connectivity index (χ1) is 15.6. The average molecular weight is 484 g/mol. The molecule has 33 heavy (non-hydrogen) atoms. The first-order valence-corrected chi connectivity index (χ1v) is 13.1. The molecule has 2 aromatic heterocycles. The van der Waals surface area contributed by atoms with Gasteiger partial charge in [-0.15, -0.1) is 0 Å². The first kappa shape index (κ1) is 23.8. The van der Waals surface area contributed by atoms with Crippen molar-refractivity contribution in [3.8, 4) is 5.88 Å². The number of anilines is 1. The van der Waals surface area contributed by atoms with Crippen LogP contribution in [0.5, 0.6) is 5.88 Å². The van der Waals surface area contributed by atoms with Crippen molar-refractivity contribution in [2.75, 3.05) is 24.2 Å². The maximum atomic E-state index is 14.0. The van der Waals surface area contributed by atoms with Gasteiger partial charge in [0, 0.05) is 19.3 Å². The Morgan fingerprint density at radius 3 is 2.21 bits per heavy atom. The normalized spacial score (nSPS) is 23.0. The smallest absolute Gasteiger partial charge is 0.324 e. The molecule has 1 aliphatic carbocycles. The zero-order chi connectivity index (χ0) is 23.6. The molecular formula is C21H30FN5O5S. The van der Waals surface area contributed by atoms with Crippen LogP contribution in [0.1, 0.15) is 58.2 Å². The number of nitrogens with zero attached hydrogens (tertiary/aromatic N) is 5. The van der Waals surface area contributed by atoms with E-state index in [4.69, 9.17) is 14.0 Å². The lowest BCUT2D eigenvalue weighted by Gasteiger charge is -2.35. The summed E-state index contributed by atoms with van der Waals surface area (Å²) in [6, 6.07) is 0.361. The van der Waals surface area contributed by atoms with Gasteiger partial charge in [0.1, 0.15) is 6.10 Å². The summed E-state index contributed by atoms with van der Waals surface area (Å²) in [6.45, 7) is 4.26. The molecule has 182 valence electrons. The number of piperidine rings is 1. The van der Waals surface area contributed by atoms with E-state index in [1.165, 1.54) is 26.2 Å². The van der Waals surface area contributed by atoms with Gasteiger partial charge in [-0.2, -0.15) is 4.98 Å². The van der Waals surface area contributed by atoms with Gasteiger partial charge < -0.3 is 18.9 Å². The lowest BCUT2D eigenvalue weighted by molar-refractivity contribution is -0.0534. The number of ether oxygens (including phenoxy) is 2. The lowest BCUT2D eigenvalue weighted by Crippen LogP contribution is -2.40. The molecule has 0 atom stereocenters. The molecular weight excluding hydrogens is 453 g/mol. The minimum absolute atomic E-state index is 0.0107. The number of aromatic nitrogens is 4. The highest BCUT2D eigenvalue weighted by Crippen LogP contribution is 2.29.